The third-order valence-corrected chi connectivity index (χ3v) is 4.69. The van der Waals surface area contributed by atoms with Crippen molar-refractivity contribution in [2.24, 2.45) is 0 Å². The van der Waals surface area contributed by atoms with Gasteiger partial charge in [-0.1, -0.05) is 12.1 Å². The zero-order valence-corrected chi connectivity index (χ0v) is 15.2. The first kappa shape index (κ1) is 19.0. The largest absolute Gasteiger partial charge is 0.340 e. The van der Waals surface area contributed by atoms with E-state index in [9.17, 15) is 19.3 Å². The van der Waals surface area contributed by atoms with Crippen molar-refractivity contribution in [3.05, 3.63) is 57.7 Å². The lowest BCUT2D eigenvalue weighted by atomic mass is 10.2. The van der Waals surface area contributed by atoms with Gasteiger partial charge in [-0.05, 0) is 24.6 Å². The zero-order valence-electron chi connectivity index (χ0n) is 15.2. The molecule has 0 bridgehead atoms. The number of hydrogen-bond donors (Lipinski definition) is 0. The summed E-state index contributed by atoms with van der Waals surface area (Å²) in [6.45, 7) is 5.25. The van der Waals surface area contributed by atoms with Crippen LogP contribution >= 0.6 is 0 Å². The number of aromatic nitrogens is 2. The molecule has 27 heavy (non-hydrogen) atoms. The number of nitrogens with zero attached hydrogens (tertiary/aromatic N) is 5. The van der Waals surface area contributed by atoms with Gasteiger partial charge in [-0.2, -0.15) is 5.10 Å². The highest BCUT2D eigenvalue weighted by Gasteiger charge is 2.22. The molecule has 0 spiro atoms. The maximum absolute atomic E-state index is 13.3. The number of amides is 1. The number of piperazine rings is 1. The lowest BCUT2D eigenvalue weighted by Crippen LogP contribution is -2.48. The van der Waals surface area contributed by atoms with Crippen molar-refractivity contribution in [1.29, 1.82) is 0 Å². The van der Waals surface area contributed by atoms with Gasteiger partial charge < -0.3 is 4.90 Å². The molecule has 144 valence electrons. The minimum absolute atomic E-state index is 0.0104. The van der Waals surface area contributed by atoms with Crippen LogP contribution in [0.4, 0.5) is 10.1 Å². The van der Waals surface area contributed by atoms with Crippen LogP contribution in [0.15, 0.2) is 30.5 Å². The van der Waals surface area contributed by atoms with Gasteiger partial charge in [0.1, 0.15) is 17.7 Å². The SMILES string of the molecule is Cc1nn(CCC(=O)N2CCN(Cc3cccc(F)c3)CC2)cc1[N+](=O)[O-]. The number of carbonyl (C=O) groups is 1. The Balaban J connectivity index is 1.46. The standard InChI is InChI=1S/C18H22FN5O3/c1-14-17(24(26)27)13-23(20-14)6-5-18(25)22-9-7-21(8-10-22)12-15-3-2-4-16(19)11-15/h2-4,11,13H,5-10,12H2,1H3. The van der Waals surface area contributed by atoms with Crippen LogP contribution in [-0.2, 0) is 17.9 Å². The van der Waals surface area contributed by atoms with E-state index in [0.29, 0.717) is 31.9 Å². The third kappa shape index (κ3) is 4.88. The minimum atomic E-state index is -0.474. The van der Waals surface area contributed by atoms with Crippen LogP contribution in [0.5, 0.6) is 0 Å². The molecule has 3 rings (SSSR count). The van der Waals surface area contributed by atoms with Crippen LogP contribution in [0.1, 0.15) is 17.7 Å². The van der Waals surface area contributed by atoms with E-state index in [1.807, 2.05) is 6.07 Å². The smallest absolute Gasteiger partial charge is 0.309 e. The Hall–Kier alpha value is -2.81. The summed E-state index contributed by atoms with van der Waals surface area (Å²) in [5.41, 5.74) is 1.23. The maximum Gasteiger partial charge on any atom is 0.309 e. The first-order valence-electron chi connectivity index (χ1n) is 8.85. The molecule has 1 saturated heterocycles. The van der Waals surface area contributed by atoms with Gasteiger partial charge in [0.15, 0.2) is 0 Å². The topological polar surface area (TPSA) is 84.5 Å². The molecule has 0 saturated carbocycles. The van der Waals surface area contributed by atoms with Gasteiger partial charge in [0, 0.05) is 45.7 Å². The summed E-state index contributed by atoms with van der Waals surface area (Å²) in [5, 5.41) is 14.9. The molecule has 2 heterocycles. The number of benzene rings is 1. The van der Waals surface area contributed by atoms with Crippen molar-refractivity contribution >= 4 is 11.6 Å². The number of aryl methyl sites for hydroxylation is 2. The lowest BCUT2D eigenvalue weighted by Gasteiger charge is -2.34. The summed E-state index contributed by atoms with van der Waals surface area (Å²) in [5.74, 6) is -0.230. The lowest BCUT2D eigenvalue weighted by molar-refractivity contribution is -0.385. The third-order valence-electron chi connectivity index (χ3n) is 4.69. The molecular weight excluding hydrogens is 353 g/mol. The van der Waals surface area contributed by atoms with Crippen LogP contribution in [0.3, 0.4) is 0 Å². The van der Waals surface area contributed by atoms with E-state index in [2.05, 4.69) is 10.00 Å². The molecule has 1 aliphatic heterocycles. The maximum atomic E-state index is 13.3. The number of carbonyl (C=O) groups excluding carboxylic acids is 1. The number of hydrogen-bond acceptors (Lipinski definition) is 5. The van der Waals surface area contributed by atoms with E-state index in [4.69, 9.17) is 0 Å². The quantitative estimate of drug-likeness (QED) is 0.569. The number of rotatable bonds is 6. The van der Waals surface area contributed by atoms with E-state index in [0.717, 1.165) is 18.7 Å². The van der Waals surface area contributed by atoms with E-state index in [1.165, 1.54) is 23.0 Å². The van der Waals surface area contributed by atoms with Gasteiger partial charge >= 0.3 is 5.69 Å². The van der Waals surface area contributed by atoms with Crippen LogP contribution in [0, 0.1) is 22.9 Å². The average Bonchev–Trinajstić information content (AvgIpc) is 3.01. The van der Waals surface area contributed by atoms with Crippen molar-refractivity contribution in [2.45, 2.75) is 26.4 Å². The van der Waals surface area contributed by atoms with E-state index in [1.54, 1.807) is 17.9 Å². The van der Waals surface area contributed by atoms with Crippen LogP contribution in [0.25, 0.3) is 0 Å². The van der Waals surface area contributed by atoms with Gasteiger partial charge in [0.2, 0.25) is 5.91 Å². The summed E-state index contributed by atoms with van der Waals surface area (Å²) < 4.78 is 14.7. The minimum Gasteiger partial charge on any atom is -0.340 e. The Bertz CT molecular complexity index is 830. The average molecular weight is 375 g/mol. The molecule has 2 aromatic rings. The molecule has 0 aliphatic carbocycles. The molecule has 9 heteroatoms. The van der Waals surface area contributed by atoms with Crippen molar-refractivity contribution < 1.29 is 14.1 Å². The van der Waals surface area contributed by atoms with E-state index >= 15 is 0 Å². The normalized spacial score (nSPS) is 15.1. The van der Waals surface area contributed by atoms with Crippen molar-refractivity contribution in [2.75, 3.05) is 26.2 Å². The molecule has 0 unspecified atom stereocenters. The molecule has 8 nitrogen and oxygen atoms in total. The second-order valence-electron chi connectivity index (χ2n) is 6.66. The molecule has 1 aromatic carbocycles. The fraction of sp³-hybridized carbons (Fsp3) is 0.444. The van der Waals surface area contributed by atoms with Crippen molar-refractivity contribution in [3.8, 4) is 0 Å². The highest BCUT2D eigenvalue weighted by molar-refractivity contribution is 5.76. The van der Waals surface area contributed by atoms with Gasteiger partial charge in [-0.25, -0.2) is 4.39 Å². The number of halogens is 1. The molecule has 1 aromatic heterocycles. The molecule has 1 aliphatic rings. The van der Waals surface area contributed by atoms with Gasteiger partial charge in [-0.3, -0.25) is 24.5 Å². The fourth-order valence-corrected chi connectivity index (χ4v) is 3.22. The van der Waals surface area contributed by atoms with Crippen LogP contribution in [0.2, 0.25) is 0 Å². The van der Waals surface area contributed by atoms with Gasteiger partial charge in [0.25, 0.3) is 0 Å². The monoisotopic (exact) mass is 375 g/mol. The first-order chi connectivity index (χ1) is 12.9. The highest BCUT2D eigenvalue weighted by Crippen LogP contribution is 2.16. The Kier molecular flexibility index (Phi) is 5.80. The Labute approximate surface area is 156 Å². The molecule has 1 fully saturated rings. The second kappa shape index (κ2) is 8.26. The second-order valence-corrected chi connectivity index (χ2v) is 6.66. The summed E-state index contributed by atoms with van der Waals surface area (Å²) in [7, 11) is 0. The highest BCUT2D eigenvalue weighted by atomic mass is 19.1. The van der Waals surface area contributed by atoms with Crippen LogP contribution < -0.4 is 0 Å². The summed E-state index contributed by atoms with van der Waals surface area (Å²) in [6, 6.07) is 6.55. The van der Waals surface area contributed by atoms with Crippen LogP contribution in [-0.4, -0.2) is 56.6 Å². The van der Waals surface area contributed by atoms with Gasteiger partial charge in [0.05, 0.1) is 4.92 Å². The predicted octanol–water partition coefficient (Wildman–Crippen LogP) is 1.97. The number of nitro groups is 1. The predicted molar refractivity (Wildman–Crippen MR) is 96.5 cm³/mol. The summed E-state index contributed by atoms with van der Waals surface area (Å²) in [4.78, 5) is 26.8. The van der Waals surface area contributed by atoms with E-state index < -0.39 is 4.92 Å². The Morgan fingerprint density at radius 2 is 2.04 bits per heavy atom. The summed E-state index contributed by atoms with van der Waals surface area (Å²) >= 11 is 0. The van der Waals surface area contributed by atoms with Gasteiger partial charge in [-0.15, -0.1) is 0 Å². The first-order valence-corrected chi connectivity index (χ1v) is 8.85. The zero-order chi connectivity index (χ0) is 19.4. The fourth-order valence-electron chi connectivity index (χ4n) is 3.22. The molecule has 0 N–H and O–H groups in total. The van der Waals surface area contributed by atoms with Crippen molar-refractivity contribution in [1.82, 2.24) is 19.6 Å². The molecular formula is C18H22FN5O3. The van der Waals surface area contributed by atoms with E-state index in [-0.39, 0.29) is 23.8 Å². The summed E-state index contributed by atoms with van der Waals surface area (Å²) in [6.07, 6.45) is 1.61. The Morgan fingerprint density at radius 3 is 2.67 bits per heavy atom. The Morgan fingerprint density at radius 1 is 1.30 bits per heavy atom. The molecule has 1 amide bonds. The molecule has 0 radical (unpaired) electrons. The van der Waals surface area contributed by atoms with Crippen molar-refractivity contribution in [3.63, 3.8) is 0 Å². The molecule has 0 atom stereocenters.